The minimum atomic E-state index is -0.267. The highest BCUT2D eigenvalue weighted by Crippen LogP contribution is 2.27. The van der Waals surface area contributed by atoms with E-state index in [0.29, 0.717) is 28.3 Å². The first-order valence-corrected chi connectivity index (χ1v) is 8.94. The molecule has 0 radical (unpaired) electrons. The first-order valence-electron chi connectivity index (χ1n) is 8.94. The van der Waals surface area contributed by atoms with Crippen molar-refractivity contribution in [1.82, 2.24) is 25.2 Å². The predicted molar refractivity (Wildman–Crippen MR) is 107 cm³/mol. The molecule has 0 saturated carbocycles. The van der Waals surface area contributed by atoms with Gasteiger partial charge in [0.1, 0.15) is 24.4 Å². The number of ether oxygens (including phenoxy) is 1. The molecule has 4 rings (SSSR count). The molecule has 146 valence electrons. The quantitative estimate of drug-likeness (QED) is 0.531. The van der Waals surface area contributed by atoms with Crippen LogP contribution in [0.1, 0.15) is 21.5 Å². The lowest BCUT2D eigenvalue weighted by molar-refractivity contribution is 0.102. The van der Waals surface area contributed by atoms with Gasteiger partial charge < -0.3 is 10.1 Å². The highest BCUT2D eigenvalue weighted by Gasteiger charge is 2.13. The van der Waals surface area contributed by atoms with Gasteiger partial charge in [0.05, 0.1) is 11.6 Å². The number of pyridine rings is 1. The first kappa shape index (κ1) is 18.8. The second-order valence-corrected chi connectivity index (χ2v) is 6.18. The Labute approximate surface area is 171 Å². The fourth-order valence-electron chi connectivity index (χ4n) is 2.79. The third-order valence-electron chi connectivity index (χ3n) is 4.28. The molecule has 9 nitrogen and oxygen atoms in total. The van der Waals surface area contributed by atoms with E-state index in [9.17, 15) is 10.1 Å². The molecular weight excluding hydrogens is 382 g/mol. The van der Waals surface area contributed by atoms with Crippen LogP contribution in [-0.2, 0) is 6.61 Å². The Hall–Kier alpha value is -4.58. The number of amides is 1. The zero-order valence-corrected chi connectivity index (χ0v) is 15.6. The van der Waals surface area contributed by atoms with E-state index in [2.05, 4.69) is 31.9 Å². The Morgan fingerprint density at radius 2 is 1.97 bits per heavy atom. The van der Waals surface area contributed by atoms with E-state index in [-0.39, 0.29) is 12.5 Å². The molecule has 0 spiro atoms. The van der Waals surface area contributed by atoms with Crippen LogP contribution >= 0.6 is 0 Å². The molecule has 4 aromatic rings. The van der Waals surface area contributed by atoms with E-state index in [0.717, 1.165) is 5.56 Å². The van der Waals surface area contributed by atoms with Gasteiger partial charge in [-0.25, -0.2) is 0 Å². The third kappa shape index (κ3) is 4.13. The van der Waals surface area contributed by atoms with Gasteiger partial charge in [-0.15, -0.1) is 5.10 Å². The zero-order chi connectivity index (χ0) is 20.8. The lowest BCUT2D eigenvalue weighted by atomic mass is 10.1. The van der Waals surface area contributed by atoms with Crippen LogP contribution in [0.25, 0.3) is 5.69 Å². The highest BCUT2D eigenvalue weighted by atomic mass is 16.5. The smallest absolute Gasteiger partial charge is 0.255 e. The molecule has 0 aliphatic heterocycles. The van der Waals surface area contributed by atoms with Crippen molar-refractivity contribution in [2.45, 2.75) is 6.61 Å². The van der Waals surface area contributed by atoms with Gasteiger partial charge >= 0.3 is 0 Å². The van der Waals surface area contributed by atoms with Crippen molar-refractivity contribution < 1.29 is 9.53 Å². The Balaban J connectivity index is 1.60. The monoisotopic (exact) mass is 397 g/mol. The van der Waals surface area contributed by atoms with Crippen molar-refractivity contribution in [3.63, 3.8) is 0 Å². The lowest BCUT2D eigenvalue weighted by Crippen LogP contribution is -2.12. The van der Waals surface area contributed by atoms with Gasteiger partial charge in [0.2, 0.25) is 0 Å². The summed E-state index contributed by atoms with van der Waals surface area (Å²) >= 11 is 0. The van der Waals surface area contributed by atoms with Gasteiger partial charge in [-0.2, -0.15) is 9.94 Å². The number of benzene rings is 2. The lowest BCUT2D eigenvalue weighted by Gasteiger charge is -2.14. The molecule has 1 amide bonds. The Morgan fingerprint density at radius 3 is 2.73 bits per heavy atom. The molecule has 30 heavy (non-hydrogen) atoms. The SMILES string of the molecule is N#Cc1ccccc1COc1ccc(NC(=O)c2ccncc2)cc1-n1cnnn1. The fraction of sp³-hybridized carbons (Fsp3) is 0.0476. The van der Waals surface area contributed by atoms with E-state index in [1.807, 2.05) is 12.1 Å². The van der Waals surface area contributed by atoms with Crippen molar-refractivity contribution in [2.24, 2.45) is 0 Å². The molecule has 0 atom stereocenters. The van der Waals surface area contributed by atoms with Gasteiger partial charge in [0, 0.05) is 29.2 Å². The molecule has 0 aliphatic rings. The van der Waals surface area contributed by atoms with E-state index < -0.39 is 0 Å². The molecule has 9 heteroatoms. The first-order chi connectivity index (χ1) is 14.7. The molecule has 1 N–H and O–H groups in total. The van der Waals surface area contributed by atoms with E-state index in [4.69, 9.17) is 4.74 Å². The van der Waals surface area contributed by atoms with E-state index >= 15 is 0 Å². The normalized spacial score (nSPS) is 10.2. The molecule has 2 aromatic heterocycles. The molecule has 0 saturated heterocycles. The minimum absolute atomic E-state index is 0.196. The van der Waals surface area contributed by atoms with Crippen LogP contribution in [0.2, 0.25) is 0 Å². The Bertz CT molecular complexity index is 1200. The van der Waals surface area contributed by atoms with Crippen molar-refractivity contribution in [1.29, 1.82) is 5.26 Å². The number of anilines is 1. The van der Waals surface area contributed by atoms with Crippen LogP contribution in [0.15, 0.2) is 73.3 Å². The number of carbonyl (C=O) groups is 1. The number of hydrogen-bond acceptors (Lipinski definition) is 7. The number of nitriles is 1. The standard InChI is InChI=1S/C21H15N7O2/c22-12-16-3-1-2-4-17(16)13-30-20-6-5-18(11-19(20)28-14-24-26-27-28)25-21(29)15-7-9-23-10-8-15/h1-11,14H,13H2,(H,25,29). The summed E-state index contributed by atoms with van der Waals surface area (Å²) in [5, 5.41) is 23.3. The molecule has 0 bridgehead atoms. The van der Waals surface area contributed by atoms with Gasteiger partial charge in [0.15, 0.2) is 0 Å². The van der Waals surface area contributed by atoms with Crippen LogP contribution in [-0.4, -0.2) is 31.1 Å². The van der Waals surface area contributed by atoms with Crippen molar-refractivity contribution in [2.75, 3.05) is 5.32 Å². The Morgan fingerprint density at radius 1 is 1.13 bits per heavy atom. The van der Waals surface area contributed by atoms with Crippen LogP contribution in [0.3, 0.4) is 0 Å². The summed E-state index contributed by atoms with van der Waals surface area (Å²) in [4.78, 5) is 16.3. The highest BCUT2D eigenvalue weighted by molar-refractivity contribution is 6.04. The summed E-state index contributed by atoms with van der Waals surface area (Å²) in [5.74, 6) is 0.230. The summed E-state index contributed by atoms with van der Waals surface area (Å²) in [6.45, 7) is 0.196. The molecule has 2 aromatic carbocycles. The van der Waals surface area contributed by atoms with Crippen LogP contribution in [0.5, 0.6) is 5.75 Å². The van der Waals surface area contributed by atoms with Gasteiger partial charge in [-0.05, 0) is 46.8 Å². The largest absolute Gasteiger partial charge is 0.487 e. The maximum absolute atomic E-state index is 12.4. The number of aromatic nitrogens is 5. The summed E-state index contributed by atoms with van der Waals surface area (Å²) in [7, 11) is 0. The maximum Gasteiger partial charge on any atom is 0.255 e. The zero-order valence-electron chi connectivity index (χ0n) is 15.6. The molecular formula is C21H15N7O2. The summed E-state index contributed by atoms with van der Waals surface area (Å²) < 4.78 is 7.38. The fourth-order valence-corrected chi connectivity index (χ4v) is 2.79. The topological polar surface area (TPSA) is 119 Å². The molecule has 0 unspecified atom stereocenters. The second kappa shape index (κ2) is 8.62. The van der Waals surface area contributed by atoms with Crippen molar-refractivity contribution in [3.8, 4) is 17.5 Å². The van der Waals surface area contributed by atoms with Crippen LogP contribution in [0.4, 0.5) is 5.69 Å². The van der Waals surface area contributed by atoms with Gasteiger partial charge in [-0.3, -0.25) is 9.78 Å². The van der Waals surface area contributed by atoms with E-state index in [1.54, 1.807) is 54.9 Å². The summed E-state index contributed by atoms with van der Waals surface area (Å²) in [6.07, 6.45) is 4.54. The third-order valence-corrected chi connectivity index (χ3v) is 4.28. The molecule has 0 fully saturated rings. The number of tetrazole rings is 1. The number of nitrogens with one attached hydrogen (secondary N) is 1. The van der Waals surface area contributed by atoms with Crippen molar-refractivity contribution in [3.05, 3.63) is 90.0 Å². The van der Waals surface area contributed by atoms with Crippen LogP contribution < -0.4 is 10.1 Å². The van der Waals surface area contributed by atoms with Gasteiger partial charge in [-0.1, -0.05) is 18.2 Å². The average molecular weight is 397 g/mol. The van der Waals surface area contributed by atoms with Crippen LogP contribution in [0, 0.1) is 11.3 Å². The van der Waals surface area contributed by atoms with E-state index in [1.165, 1.54) is 11.0 Å². The summed E-state index contributed by atoms with van der Waals surface area (Å²) in [5.41, 5.74) is 2.89. The van der Waals surface area contributed by atoms with Crippen molar-refractivity contribution >= 4 is 11.6 Å². The average Bonchev–Trinajstić information content (AvgIpc) is 3.34. The maximum atomic E-state index is 12.4. The number of rotatable bonds is 6. The van der Waals surface area contributed by atoms with Gasteiger partial charge in [0.25, 0.3) is 5.91 Å². The second-order valence-electron chi connectivity index (χ2n) is 6.18. The molecule has 0 aliphatic carbocycles. The molecule has 2 heterocycles. The number of nitrogens with zero attached hydrogens (tertiary/aromatic N) is 6. The number of hydrogen-bond donors (Lipinski definition) is 1. The predicted octanol–water partition coefficient (Wildman–Crippen LogP) is 2.76. The number of carbonyl (C=O) groups excluding carboxylic acids is 1. The minimum Gasteiger partial charge on any atom is -0.487 e. The Kier molecular flexibility index (Phi) is 5.39. The summed E-state index contributed by atoms with van der Waals surface area (Å²) in [6, 6.07) is 17.8.